The number of alkyl halides is 2. The van der Waals surface area contributed by atoms with E-state index in [1.54, 1.807) is 0 Å². The normalized spacial score (nSPS) is 7.50. The largest absolute Gasteiger partial charge is 0.480 e. The van der Waals surface area contributed by atoms with Crippen LogP contribution >= 0.6 is 34.8 Å². The first-order valence-electron chi connectivity index (χ1n) is 2.06. The molecule has 60 valence electrons. The van der Waals surface area contributed by atoms with Crippen LogP contribution in [0.5, 0.6) is 0 Å². The smallest absolute Gasteiger partial charge is 0.318 e. The average molecular weight is 207 g/mol. The summed E-state index contributed by atoms with van der Waals surface area (Å²) in [7, 11) is 0. The van der Waals surface area contributed by atoms with Gasteiger partial charge in [-0.05, 0) is 11.6 Å². The summed E-state index contributed by atoms with van der Waals surface area (Å²) in [6.45, 7) is 0. The van der Waals surface area contributed by atoms with Crippen molar-refractivity contribution in [2.24, 2.45) is 0 Å². The maximum Gasteiger partial charge on any atom is 0.318 e. The predicted octanol–water partition coefficient (Wildman–Crippen LogP) is 1.30. The molecule has 0 saturated carbocycles. The fourth-order valence-corrected chi connectivity index (χ4v) is 0. The van der Waals surface area contributed by atoms with Gasteiger partial charge in [0, 0.05) is 0 Å². The Balaban J connectivity index is 0. The van der Waals surface area contributed by atoms with E-state index in [0.29, 0.717) is 0 Å². The number of rotatable bonds is 2. The van der Waals surface area contributed by atoms with E-state index in [1.807, 2.05) is 0 Å². The van der Waals surface area contributed by atoms with E-state index in [2.05, 4.69) is 0 Å². The van der Waals surface area contributed by atoms with Crippen LogP contribution in [-0.2, 0) is 9.59 Å². The van der Waals surface area contributed by atoms with E-state index in [4.69, 9.17) is 39.9 Å². The molecule has 0 radical (unpaired) electrons. The fourth-order valence-electron chi connectivity index (χ4n) is 0. The molecule has 0 atom stereocenters. The van der Waals surface area contributed by atoms with Gasteiger partial charge in [-0.3, -0.25) is 9.59 Å². The van der Waals surface area contributed by atoms with Crippen LogP contribution in [0.2, 0.25) is 0 Å². The van der Waals surface area contributed by atoms with Crippen molar-refractivity contribution in [3.8, 4) is 0 Å². The van der Waals surface area contributed by atoms with Gasteiger partial charge >= 0.3 is 5.97 Å². The first kappa shape index (κ1) is 12.7. The number of carboxylic acid groups (broad SMARTS) is 1. The summed E-state index contributed by atoms with van der Waals surface area (Å²) in [5, 5.41) is 7.08. The molecular weight excluding hydrogens is 202 g/mol. The van der Waals surface area contributed by atoms with Crippen LogP contribution in [0.15, 0.2) is 0 Å². The zero-order valence-electron chi connectivity index (χ0n) is 4.81. The molecule has 0 bridgehead atoms. The molecule has 0 amide bonds. The van der Waals surface area contributed by atoms with Gasteiger partial charge in [0.25, 0.3) is 0 Å². The van der Waals surface area contributed by atoms with E-state index < -0.39 is 11.2 Å². The zero-order valence-corrected chi connectivity index (χ0v) is 7.08. The number of hydrogen-bond acceptors (Lipinski definition) is 2. The second-order valence-electron chi connectivity index (χ2n) is 1.02. The summed E-state index contributed by atoms with van der Waals surface area (Å²) >= 11 is 14.3. The lowest BCUT2D eigenvalue weighted by Crippen LogP contribution is -1.92. The van der Waals surface area contributed by atoms with Crippen LogP contribution in [-0.4, -0.2) is 28.1 Å². The summed E-state index contributed by atoms with van der Waals surface area (Å²) in [5.41, 5.74) is 0. The third kappa shape index (κ3) is 24.5. The van der Waals surface area contributed by atoms with Gasteiger partial charge in [0.1, 0.15) is 5.88 Å². The van der Waals surface area contributed by atoms with E-state index in [1.165, 1.54) is 0 Å². The number of halogens is 3. The SMILES string of the molecule is O=C(Cl)CCl.O=C(O)CCl. The fraction of sp³-hybridized carbons (Fsp3) is 0.500. The van der Waals surface area contributed by atoms with Gasteiger partial charge < -0.3 is 5.11 Å². The van der Waals surface area contributed by atoms with Crippen molar-refractivity contribution < 1.29 is 14.7 Å². The Morgan fingerprint density at radius 3 is 1.40 bits per heavy atom. The number of carboxylic acids is 1. The summed E-state index contributed by atoms with van der Waals surface area (Å²) in [6.07, 6.45) is 0. The molecule has 0 unspecified atom stereocenters. The van der Waals surface area contributed by atoms with Crippen LogP contribution < -0.4 is 0 Å². The minimum Gasteiger partial charge on any atom is -0.480 e. The molecule has 0 aliphatic carbocycles. The Labute approximate surface area is 72.9 Å². The Kier molecular flexibility index (Phi) is 11.4. The molecular formula is C4H5Cl3O3. The minimum atomic E-state index is -0.980. The van der Waals surface area contributed by atoms with Crippen molar-refractivity contribution in [2.75, 3.05) is 11.8 Å². The van der Waals surface area contributed by atoms with E-state index >= 15 is 0 Å². The second kappa shape index (κ2) is 9.01. The predicted molar refractivity (Wildman–Crippen MR) is 39.9 cm³/mol. The number of hydrogen-bond donors (Lipinski definition) is 1. The van der Waals surface area contributed by atoms with Gasteiger partial charge in [0.2, 0.25) is 5.24 Å². The highest BCUT2D eigenvalue weighted by Gasteiger charge is 1.83. The quantitative estimate of drug-likeness (QED) is 0.548. The van der Waals surface area contributed by atoms with Gasteiger partial charge in [-0.25, -0.2) is 0 Å². The number of carbonyl (C=O) groups is 2. The van der Waals surface area contributed by atoms with Crippen molar-refractivity contribution in [1.82, 2.24) is 0 Å². The van der Waals surface area contributed by atoms with Crippen molar-refractivity contribution in [1.29, 1.82) is 0 Å². The summed E-state index contributed by atoms with van der Waals surface area (Å²) < 4.78 is 0. The topological polar surface area (TPSA) is 54.4 Å². The highest BCUT2D eigenvalue weighted by Crippen LogP contribution is 1.80. The maximum absolute atomic E-state index is 9.45. The molecule has 0 aliphatic rings. The van der Waals surface area contributed by atoms with E-state index in [9.17, 15) is 9.59 Å². The minimum absolute atomic E-state index is 0.0957. The van der Waals surface area contributed by atoms with Gasteiger partial charge in [-0.1, -0.05) is 0 Å². The molecule has 0 aromatic rings. The Bertz CT molecular complexity index is 100. The van der Waals surface area contributed by atoms with Crippen LogP contribution in [0.1, 0.15) is 0 Å². The lowest BCUT2D eigenvalue weighted by atomic mass is 10.8. The first-order valence-corrected chi connectivity index (χ1v) is 3.51. The molecule has 0 rings (SSSR count). The summed E-state index contributed by atoms with van der Waals surface area (Å²) in [5.74, 6) is -1.38. The highest BCUT2D eigenvalue weighted by atomic mass is 35.5. The Hall–Kier alpha value is 0.01000. The number of carbonyl (C=O) groups excluding carboxylic acids is 1. The standard InChI is InChI=1S/C2H2Cl2O.C2H3ClO2/c2*3-1-2(4)5/h1H2;1H2,(H,4,5). The van der Waals surface area contributed by atoms with Crippen LogP contribution in [0.3, 0.4) is 0 Å². The molecule has 3 nitrogen and oxygen atoms in total. The van der Waals surface area contributed by atoms with Crippen LogP contribution in [0.25, 0.3) is 0 Å². The molecule has 0 aliphatic heterocycles. The van der Waals surface area contributed by atoms with Crippen LogP contribution in [0, 0.1) is 0 Å². The molecule has 0 aromatic heterocycles. The Morgan fingerprint density at radius 2 is 1.40 bits per heavy atom. The van der Waals surface area contributed by atoms with Crippen LogP contribution in [0.4, 0.5) is 0 Å². The van der Waals surface area contributed by atoms with Gasteiger partial charge in [-0.15, -0.1) is 23.2 Å². The lowest BCUT2D eigenvalue weighted by molar-refractivity contribution is -0.134. The molecule has 0 heterocycles. The third-order valence-electron chi connectivity index (χ3n) is 0.219. The Morgan fingerprint density at radius 1 is 1.20 bits per heavy atom. The summed E-state index contributed by atoms with van der Waals surface area (Å²) in [4.78, 5) is 18.7. The average Bonchev–Trinajstić information content (AvgIpc) is 1.89. The van der Waals surface area contributed by atoms with E-state index in [-0.39, 0.29) is 11.8 Å². The maximum atomic E-state index is 9.45. The molecule has 6 heteroatoms. The molecule has 0 fully saturated rings. The summed E-state index contributed by atoms with van der Waals surface area (Å²) in [6, 6.07) is 0. The van der Waals surface area contributed by atoms with Gasteiger partial charge in [-0.2, -0.15) is 0 Å². The van der Waals surface area contributed by atoms with Crippen molar-refractivity contribution in [3.63, 3.8) is 0 Å². The van der Waals surface area contributed by atoms with Crippen molar-refractivity contribution in [3.05, 3.63) is 0 Å². The highest BCUT2D eigenvalue weighted by molar-refractivity contribution is 6.67. The molecule has 0 saturated heterocycles. The van der Waals surface area contributed by atoms with Crippen molar-refractivity contribution in [2.45, 2.75) is 0 Å². The van der Waals surface area contributed by atoms with Gasteiger partial charge in [0.05, 0.1) is 5.88 Å². The van der Waals surface area contributed by atoms with Crippen molar-refractivity contribution >= 4 is 46.0 Å². The second-order valence-corrected chi connectivity index (χ2v) is 1.97. The zero-order chi connectivity index (χ0) is 8.57. The monoisotopic (exact) mass is 206 g/mol. The molecule has 0 spiro atoms. The molecule has 1 N–H and O–H groups in total. The van der Waals surface area contributed by atoms with E-state index in [0.717, 1.165) is 0 Å². The van der Waals surface area contributed by atoms with Gasteiger partial charge in [0.15, 0.2) is 0 Å². The molecule has 10 heavy (non-hydrogen) atoms. The number of aliphatic carboxylic acids is 1. The first-order chi connectivity index (χ1) is 4.54. The third-order valence-corrected chi connectivity index (χ3v) is 0.961. The lowest BCUT2D eigenvalue weighted by Gasteiger charge is -1.69. The molecule has 0 aromatic carbocycles.